The molecule has 0 amide bonds. The van der Waals surface area contributed by atoms with E-state index >= 15 is 0 Å². The average molecular weight is 277 g/mol. The van der Waals surface area contributed by atoms with Gasteiger partial charge in [0.25, 0.3) is 0 Å². The van der Waals surface area contributed by atoms with E-state index in [1.807, 2.05) is 12.1 Å². The van der Waals surface area contributed by atoms with E-state index < -0.39 is 0 Å². The Labute approximate surface area is 120 Å². The van der Waals surface area contributed by atoms with Gasteiger partial charge in [-0.3, -0.25) is 0 Å². The summed E-state index contributed by atoms with van der Waals surface area (Å²) >= 11 is 6.14. The second-order valence-corrected chi connectivity index (χ2v) is 5.38. The number of halogens is 1. The third-order valence-corrected chi connectivity index (χ3v) is 3.75. The van der Waals surface area contributed by atoms with E-state index in [9.17, 15) is 0 Å². The highest BCUT2D eigenvalue weighted by atomic mass is 35.5. The molecule has 102 valence electrons. The summed E-state index contributed by atoms with van der Waals surface area (Å²) in [6, 6.07) is 8.29. The fourth-order valence-electron chi connectivity index (χ4n) is 2.46. The van der Waals surface area contributed by atoms with Crippen LogP contribution in [0.2, 0.25) is 5.02 Å². The Morgan fingerprint density at radius 1 is 1.16 bits per heavy atom. The molecule has 0 aliphatic rings. The minimum Gasteiger partial charge on any atom is -0.318 e. The van der Waals surface area contributed by atoms with Crippen molar-refractivity contribution in [3.05, 3.63) is 51.8 Å². The first-order valence-corrected chi connectivity index (χ1v) is 7.07. The molecule has 1 aromatic heterocycles. The molecule has 1 aromatic carbocycles. The van der Waals surface area contributed by atoms with E-state index in [0.717, 1.165) is 18.1 Å². The summed E-state index contributed by atoms with van der Waals surface area (Å²) in [7, 11) is 0. The number of rotatable bonds is 4. The number of aromatic nitrogens is 1. The van der Waals surface area contributed by atoms with Crippen LogP contribution in [0, 0.1) is 20.8 Å². The predicted molar refractivity (Wildman–Crippen MR) is 82.4 cm³/mol. The zero-order valence-corrected chi connectivity index (χ0v) is 12.8. The second-order valence-electron chi connectivity index (χ2n) is 4.94. The molecule has 0 fully saturated rings. The van der Waals surface area contributed by atoms with Gasteiger partial charge in [-0.15, -0.1) is 0 Å². The molecule has 0 bridgehead atoms. The highest BCUT2D eigenvalue weighted by Crippen LogP contribution is 2.25. The van der Waals surface area contributed by atoms with E-state index in [1.54, 1.807) is 0 Å². The van der Waals surface area contributed by atoms with Crippen LogP contribution in [-0.4, -0.2) is 11.1 Å². The van der Waals surface area contributed by atoms with Crippen LogP contribution in [0.1, 0.15) is 29.4 Å². The molecule has 1 N–H and O–H groups in total. The van der Waals surface area contributed by atoms with E-state index in [1.165, 1.54) is 28.2 Å². The topological polar surface area (TPSA) is 17.0 Å². The lowest BCUT2D eigenvalue weighted by atomic mass is 10.2. The van der Waals surface area contributed by atoms with Crippen molar-refractivity contribution in [2.45, 2.75) is 34.2 Å². The molecule has 0 unspecified atom stereocenters. The molecule has 0 spiro atoms. The molecule has 0 saturated carbocycles. The monoisotopic (exact) mass is 276 g/mol. The molecule has 0 saturated heterocycles. The third-order valence-electron chi connectivity index (χ3n) is 3.51. The van der Waals surface area contributed by atoms with Crippen LogP contribution >= 0.6 is 11.6 Å². The van der Waals surface area contributed by atoms with Crippen LogP contribution in [0.15, 0.2) is 24.3 Å². The van der Waals surface area contributed by atoms with E-state index in [2.05, 4.69) is 49.7 Å². The lowest BCUT2D eigenvalue weighted by Crippen LogP contribution is -2.12. The highest BCUT2D eigenvalue weighted by molar-refractivity contribution is 6.30. The number of hydrogen-bond acceptors (Lipinski definition) is 1. The SMILES string of the molecule is CCNCc1cc(C)n(-c2cc(Cl)ccc2C)c1C. The molecule has 2 rings (SSSR count). The first-order chi connectivity index (χ1) is 9.04. The first kappa shape index (κ1) is 14.2. The van der Waals surface area contributed by atoms with Crippen LogP contribution in [0.5, 0.6) is 0 Å². The van der Waals surface area contributed by atoms with Gasteiger partial charge in [0, 0.05) is 28.6 Å². The van der Waals surface area contributed by atoms with Crippen LogP contribution in [0.4, 0.5) is 0 Å². The normalized spacial score (nSPS) is 11.0. The number of benzene rings is 1. The molecule has 2 aromatic rings. The van der Waals surface area contributed by atoms with Gasteiger partial charge < -0.3 is 9.88 Å². The smallest absolute Gasteiger partial charge is 0.0499 e. The van der Waals surface area contributed by atoms with Crippen molar-refractivity contribution in [1.82, 2.24) is 9.88 Å². The summed E-state index contributed by atoms with van der Waals surface area (Å²) in [5.41, 5.74) is 6.28. The maximum Gasteiger partial charge on any atom is 0.0499 e. The number of nitrogens with one attached hydrogen (secondary N) is 1. The zero-order chi connectivity index (χ0) is 14.0. The van der Waals surface area contributed by atoms with Crippen molar-refractivity contribution in [3.8, 4) is 5.69 Å². The van der Waals surface area contributed by atoms with E-state index in [0.29, 0.717) is 0 Å². The van der Waals surface area contributed by atoms with Crippen LogP contribution in [-0.2, 0) is 6.54 Å². The standard InChI is InChI=1S/C16H21ClN2/c1-5-18-10-14-8-12(3)19(13(14)4)16-9-15(17)7-6-11(16)2/h6-9,18H,5,10H2,1-4H3. The van der Waals surface area contributed by atoms with Gasteiger partial charge in [-0.1, -0.05) is 24.6 Å². The summed E-state index contributed by atoms with van der Waals surface area (Å²) in [4.78, 5) is 0. The van der Waals surface area contributed by atoms with Crippen molar-refractivity contribution >= 4 is 11.6 Å². The Morgan fingerprint density at radius 3 is 2.58 bits per heavy atom. The highest BCUT2D eigenvalue weighted by Gasteiger charge is 2.12. The Balaban J connectivity index is 2.50. The Bertz CT molecular complexity index is 585. The predicted octanol–water partition coefficient (Wildman–Crippen LogP) is 4.17. The van der Waals surface area contributed by atoms with Gasteiger partial charge in [0.1, 0.15) is 0 Å². The molecule has 19 heavy (non-hydrogen) atoms. The first-order valence-electron chi connectivity index (χ1n) is 6.69. The number of nitrogens with zero attached hydrogens (tertiary/aromatic N) is 1. The molecule has 2 nitrogen and oxygen atoms in total. The van der Waals surface area contributed by atoms with Crippen LogP contribution < -0.4 is 5.32 Å². The summed E-state index contributed by atoms with van der Waals surface area (Å²) in [5.74, 6) is 0. The number of hydrogen-bond donors (Lipinski definition) is 1. The van der Waals surface area contributed by atoms with Crippen molar-refractivity contribution in [1.29, 1.82) is 0 Å². The molecule has 0 aliphatic carbocycles. The maximum atomic E-state index is 6.14. The van der Waals surface area contributed by atoms with Crippen molar-refractivity contribution < 1.29 is 0 Å². The lowest BCUT2D eigenvalue weighted by molar-refractivity contribution is 0.722. The Morgan fingerprint density at radius 2 is 1.89 bits per heavy atom. The van der Waals surface area contributed by atoms with Gasteiger partial charge in [-0.25, -0.2) is 0 Å². The van der Waals surface area contributed by atoms with Gasteiger partial charge in [-0.05, 0) is 56.6 Å². The molecule has 0 aliphatic heterocycles. The van der Waals surface area contributed by atoms with E-state index in [4.69, 9.17) is 11.6 Å². The summed E-state index contributed by atoms with van der Waals surface area (Å²) in [5, 5.41) is 4.16. The fraction of sp³-hybridized carbons (Fsp3) is 0.375. The molecule has 1 heterocycles. The maximum absolute atomic E-state index is 6.14. The minimum atomic E-state index is 0.779. The van der Waals surface area contributed by atoms with Gasteiger partial charge in [0.15, 0.2) is 0 Å². The summed E-state index contributed by atoms with van der Waals surface area (Å²) in [6.45, 7) is 10.5. The molecule has 3 heteroatoms. The zero-order valence-electron chi connectivity index (χ0n) is 12.0. The largest absolute Gasteiger partial charge is 0.318 e. The van der Waals surface area contributed by atoms with Gasteiger partial charge in [0.05, 0.1) is 0 Å². The average Bonchev–Trinajstić information content (AvgIpc) is 2.65. The Kier molecular flexibility index (Phi) is 4.33. The van der Waals surface area contributed by atoms with Crippen LogP contribution in [0.25, 0.3) is 5.69 Å². The van der Waals surface area contributed by atoms with E-state index in [-0.39, 0.29) is 0 Å². The number of aryl methyl sites for hydroxylation is 2. The van der Waals surface area contributed by atoms with Crippen molar-refractivity contribution in [3.63, 3.8) is 0 Å². The van der Waals surface area contributed by atoms with Gasteiger partial charge in [-0.2, -0.15) is 0 Å². The molecule has 0 atom stereocenters. The van der Waals surface area contributed by atoms with Gasteiger partial charge in [0.2, 0.25) is 0 Å². The molecule has 0 radical (unpaired) electrons. The second kappa shape index (κ2) is 5.81. The van der Waals surface area contributed by atoms with Crippen LogP contribution in [0.3, 0.4) is 0 Å². The quantitative estimate of drug-likeness (QED) is 0.887. The van der Waals surface area contributed by atoms with Crippen molar-refractivity contribution in [2.75, 3.05) is 6.54 Å². The Hall–Kier alpha value is -1.25. The molecular formula is C16H21ClN2. The lowest BCUT2D eigenvalue weighted by Gasteiger charge is -2.13. The minimum absolute atomic E-state index is 0.779. The fourth-order valence-corrected chi connectivity index (χ4v) is 2.63. The van der Waals surface area contributed by atoms with Crippen molar-refractivity contribution in [2.24, 2.45) is 0 Å². The van der Waals surface area contributed by atoms with Gasteiger partial charge >= 0.3 is 0 Å². The third kappa shape index (κ3) is 2.85. The summed E-state index contributed by atoms with van der Waals surface area (Å²) < 4.78 is 2.29. The summed E-state index contributed by atoms with van der Waals surface area (Å²) in [6.07, 6.45) is 0. The molecular weight excluding hydrogens is 256 g/mol.